The third kappa shape index (κ3) is 1.85. The van der Waals surface area contributed by atoms with E-state index in [1.54, 1.807) is 0 Å². The van der Waals surface area contributed by atoms with E-state index in [1.165, 1.54) is 6.92 Å². The van der Waals surface area contributed by atoms with Gasteiger partial charge in [-0.2, -0.15) is 0 Å². The first-order chi connectivity index (χ1) is 5.59. The molecule has 0 spiro atoms. The molecule has 5 heteroatoms. The van der Waals surface area contributed by atoms with Crippen molar-refractivity contribution in [3.05, 3.63) is 23.9 Å². The molecule has 0 aromatic carbocycles. The molecule has 0 aromatic rings. The Bertz CT molecular complexity index is 258. The Kier molecular flexibility index (Phi) is 2.14. The number of esters is 2. The molecular formula is C7H6O5. The number of carbonyl (C=O) groups is 2. The monoisotopic (exact) mass is 170 g/mol. The van der Waals surface area contributed by atoms with E-state index in [0.29, 0.717) is 0 Å². The van der Waals surface area contributed by atoms with E-state index >= 15 is 0 Å². The minimum Gasteiger partial charge on any atom is -0.478 e. The molecule has 1 heterocycles. The van der Waals surface area contributed by atoms with Crippen LogP contribution < -0.4 is 0 Å². The Morgan fingerprint density at radius 2 is 1.67 bits per heavy atom. The highest BCUT2D eigenvalue weighted by atomic mass is 16.6. The van der Waals surface area contributed by atoms with Gasteiger partial charge in [0.15, 0.2) is 5.76 Å². The van der Waals surface area contributed by atoms with Gasteiger partial charge in [-0.15, -0.1) is 0 Å². The minimum absolute atomic E-state index is 0.141. The van der Waals surface area contributed by atoms with Crippen molar-refractivity contribution < 1.29 is 24.2 Å². The van der Waals surface area contributed by atoms with Crippen LogP contribution in [-0.2, 0) is 19.1 Å². The highest BCUT2D eigenvalue weighted by Gasteiger charge is 2.13. The first-order valence-corrected chi connectivity index (χ1v) is 3.11. The van der Waals surface area contributed by atoms with Gasteiger partial charge in [-0.25, -0.2) is 9.59 Å². The van der Waals surface area contributed by atoms with Crippen LogP contribution in [0.3, 0.4) is 0 Å². The lowest BCUT2D eigenvalue weighted by molar-refractivity contribution is -0.143. The minimum atomic E-state index is -0.816. The molecule has 5 nitrogen and oxygen atoms in total. The number of aliphatic hydroxyl groups excluding tert-OH is 1. The summed E-state index contributed by atoms with van der Waals surface area (Å²) in [7, 11) is 0. The number of ether oxygens (including phenoxy) is 2. The maximum absolute atomic E-state index is 10.7. The number of hydrogen-bond acceptors (Lipinski definition) is 5. The van der Waals surface area contributed by atoms with E-state index in [0.717, 1.165) is 12.2 Å². The van der Waals surface area contributed by atoms with Crippen molar-refractivity contribution in [3.8, 4) is 0 Å². The van der Waals surface area contributed by atoms with Crippen LogP contribution in [0.5, 0.6) is 0 Å². The normalized spacial score (nSPS) is 26.8. The molecule has 1 N–H and O–H groups in total. The van der Waals surface area contributed by atoms with Crippen molar-refractivity contribution in [2.45, 2.75) is 6.92 Å². The van der Waals surface area contributed by atoms with Gasteiger partial charge in [0.05, 0.1) is 0 Å². The van der Waals surface area contributed by atoms with Crippen LogP contribution in [0.4, 0.5) is 0 Å². The summed E-state index contributed by atoms with van der Waals surface area (Å²) >= 11 is 0. The van der Waals surface area contributed by atoms with Crippen LogP contribution in [0.2, 0.25) is 0 Å². The first kappa shape index (κ1) is 8.32. The topological polar surface area (TPSA) is 72.8 Å². The Hall–Kier alpha value is -1.78. The SMILES string of the molecule is C/C1=C(\O)OC(=O)/C=C/C(=O)O1. The molecule has 12 heavy (non-hydrogen) atoms. The zero-order chi connectivity index (χ0) is 9.14. The van der Waals surface area contributed by atoms with Crippen molar-refractivity contribution in [1.82, 2.24) is 0 Å². The lowest BCUT2D eigenvalue weighted by Gasteiger charge is -2.06. The number of cyclic esters (lactones) is 2. The maximum atomic E-state index is 10.7. The van der Waals surface area contributed by atoms with E-state index in [-0.39, 0.29) is 5.76 Å². The number of aliphatic hydroxyl groups is 1. The summed E-state index contributed by atoms with van der Waals surface area (Å²) in [6.07, 6.45) is 1.78. The largest absolute Gasteiger partial charge is 0.478 e. The van der Waals surface area contributed by atoms with Crippen molar-refractivity contribution in [2.75, 3.05) is 0 Å². The van der Waals surface area contributed by atoms with Gasteiger partial charge in [0.1, 0.15) is 0 Å². The highest BCUT2D eigenvalue weighted by molar-refractivity contribution is 5.92. The molecule has 0 saturated heterocycles. The predicted octanol–water partition coefficient (Wildman–Crippen LogP) is 0.390. The van der Waals surface area contributed by atoms with Gasteiger partial charge in [0.25, 0.3) is 0 Å². The third-order valence-electron chi connectivity index (χ3n) is 1.11. The molecule has 1 rings (SSSR count). The number of allylic oxidation sites excluding steroid dienone is 1. The van der Waals surface area contributed by atoms with Crippen molar-refractivity contribution in [1.29, 1.82) is 0 Å². The van der Waals surface area contributed by atoms with Gasteiger partial charge < -0.3 is 14.6 Å². The van der Waals surface area contributed by atoms with E-state index in [2.05, 4.69) is 9.47 Å². The van der Waals surface area contributed by atoms with Crippen LogP contribution in [-0.4, -0.2) is 17.0 Å². The summed E-state index contributed by atoms with van der Waals surface area (Å²) in [6, 6.07) is 0. The maximum Gasteiger partial charge on any atom is 0.338 e. The molecule has 0 bridgehead atoms. The van der Waals surface area contributed by atoms with Crippen LogP contribution in [0.15, 0.2) is 23.9 Å². The number of carbonyl (C=O) groups excluding carboxylic acids is 2. The van der Waals surface area contributed by atoms with Gasteiger partial charge in [-0.3, -0.25) is 0 Å². The first-order valence-electron chi connectivity index (χ1n) is 3.11. The van der Waals surface area contributed by atoms with E-state index < -0.39 is 17.9 Å². The molecule has 0 fully saturated rings. The number of hydrogen-bond donors (Lipinski definition) is 1. The average molecular weight is 170 g/mol. The summed E-state index contributed by atoms with van der Waals surface area (Å²) < 4.78 is 8.76. The summed E-state index contributed by atoms with van der Waals surface area (Å²) in [5, 5.41) is 8.90. The van der Waals surface area contributed by atoms with E-state index in [1.807, 2.05) is 0 Å². The summed E-state index contributed by atoms with van der Waals surface area (Å²) in [5.41, 5.74) is 0. The van der Waals surface area contributed by atoms with Gasteiger partial charge >= 0.3 is 17.9 Å². The molecule has 1 aliphatic heterocycles. The van der Waals surface area contributed by atoms with E-state index in [9.17, 15) is 9.59 Å². The van der Waals surface area contributed by atoms with Gasteiger partial charge in [-0.05, 0) is 0 Å². The van der Waals surface area contributed by atoms with Crippen molar-refractivity contribution >= 4 is 11.9 Å². The molecule has 0 amide bonds. The fourth-order valence-corrected chi connectivity index (χ4v) is 0.566. The molecule has 0 aromatic heterocycles. The van der Waals surface area contributed by atoms with Crippen molar-refractivity contribution in [3.63, 3.8) is 0 Å². The van der Waals surface area contributed by atoms with E-state index in [4.69, 9.17) is 5.11 Å². The lowest BCUT2D eigenvalue weighted by Crippen LogP contribution is -2.10. The average Bonchev–Trinajstić information content (AvgIpc) is 1.99. The fourth-order valence-electron chi connectivity index (χ4n) is 0.566. The second-order valence-electron chi connectivity index (χ2n) is 2.04. The molecule has 0 aliphatic carbocycles. The van der Waals surface area contributed by atoms with Gasteiger partial charge in [-0.1, -0.05) is 0 Å². The van der Waals surface area contributed by atoms with Gasteiger partial charge in [0, 0.05) is 19.1 Å². The molecule has 0 saturated carbocycles. The van der Waals surface area contributed by atoms with Crippen molar-refractivity contribution in [2.24, 2.45) is 0 Å². The van der Waals surface area contributed by atoms with Crippen LogP contribution in [0.25, 0.3) is 0 Å². The lowest BCUT2D eigenvalue weighted by atomic mass is 10.4. The standard InChI is InChI=1S/C7H6O5/c1-4-7(10)12-6(9)3-2-5(8)11-4/h2-3,10H,1H3/b3-2+,7-4-. The molecule has 1 aliphatic rings. The number of rotatable bonds is 0. The smallest absolute Gasteiger partial charge is 0.338 e. The Balaban J connectivity index is 2.91. The zero-order valence-corrected chi connectivity index (χ0v) is 6.23. The second-order valence-corrected chi connectivity index (χ2v) is 2.04. The molecule has 0 atom stereocenters. The zero-order valence-electron chi connectivity index (χ0n) is 6.23. The summed E-state index contributed by atoms with van der Waals surface area (Å²) in [4.78, 5) is 21.3. The predicted molar refractivity (Wildman–Crippen MR) is 36.7 cm³/mol. The van der Waals surface area contributed by atoms with Gasteiger partial charge in [0.2, 0.25) is 0 Å². The Morgan fingerprint density at radius 3 is 2.25 bits per heavy atom. The quantitative estimate of drug-likeness (QED) is 0.532. The fraction of sp³-hybridized carbons (Fsp3) is 0.143. The molecule has 0 unspecified atom stereocenters. The molecular weight excluding hydrogens is 164 g/mol. The molecule has 0 radical (unpaired) electrons. The Labute approximate surface area is 67.9 Å². The summed E-state index contributed by atoms with van der Waals surface area (Å²) in [5.74, 6) is -2.38. The summed E-state index contributed by atoms with van der Waals surface area (Å²) in [6.45, 7) is 1.31. The molecule has 64 valence electrons. The second kappa shape index (κ2) is 3.08. The Morgan fingerprint density at radius 1 is 1.17 bits per heavy atom. The van der Waals surface area contributed by atoms with Crippen LogP contribution in [0.1, 0.15) is 6.92 Å². The van der Waals surface area contributed by atoms with Crippen LogP contribution in [0, 0.1) is 0 Å². The highest BCUT2D eigenvalue weighted by Crippen LogP contribution is 2.08. The third-order valence-corrected chi connectivity index (χ3v) is 1.11. The van der Waals surface area contributed by atoms with Crippen LogP contribution >= 0.6 is 0 Å².